The monoisotopic (exact) mass is 349 g/mol. The average molecular weight is 349 g/mol. The Balaban J connectivity index is 1.64. The first-order valence-corrected chi connectivity index (χ1v) is 10.0. The van der Waals surface area contributed by atoms with Crippen LogP contribution in [0.1, 0.15) is 77.0 Å². The number of carbonyl (C=O) groups excluding carboxylic acids is 3. The van der Waals surface area contributed by atoms with E-state index in [1.165, 1.54) is 17.7 Å². The van der Waals surface area contributed by atoms with Crippen LogP contribution in [0.2, 0.25) is 0 Å². The van der Waals surface area contributed by atoms with E-state index in [2.05, 4.69) is 5.32 Å². The summed E-state index contributed by atoms with van der Waals surface area (Å²) in [5.41, 5.74) is -0.756. The van der Waals surface area contributed by atoms with E-state index in [-0.39, 0.29) is 24.4 Å². The molecule has 4 amide bonds. The molecule has 2 aliphatic heterocycles. The van der Waals surface area contributed by atoms with Crippen molar-refractivity contribution in [2.24, 2.45) is 0 Å². The second-order valence-corrected chi connectivity index (χ2v) is 7.82. The highest BCUT2D eigenvalue weighted by atomic mass is 16.2. The highest BCUT2D eigenvalue weighted by molar-refractivity contribution is 6.09. The first kappa shape index (κ1) is 18.2. The van der Waals surface area contributed by atoms with Gasteiger partial charge in [0.25, 0.3) is 5.91 Å². The van der Waals surface area contributed by atoms with Crippen LogP contribution in [0.5, 0.6) is 0 Å². The number of carbonyl (C=O) groups is 3. The van der Waals surface area contributed by atoms with Crippen molar-refractivity contribution < 1.29 is 14.4 Å². The van der Waals surface area contributed by atoms with E-state index in [1.54, 1.807) is 0 Å². The van der Waals surface area contributed by atoms with Crippen LogP contribution in [0.25, 0.3) is 0 Å². The molecule has 0 unspecified atom stereocenters. The third-order valence-electron chi connectivity index (χ3n) is 5.96. The molecule has 0 radical (unpaired) electrons. The van der Waals surface area contributed by atoms with Gasteiger partial charge in [-0.25, -0.2) is 4.79 Å². The topological polar surface area (TPSA) is 69.7 Å². The number of nitrogens with zero attached hydrogens (tertiary/aromatic N) is 2. The second-order valence-electron chi connectivity index (χ2n) is 7.82. The minimum atomic E-state index is -0.756. The van der Waals surface area contributed by atoms with Gasteiger partial charge in [0, 0.05) is 13.1 Å². The van der Waals surface area contributed by atoms with Crippen LogP contribution >= 0.6 is 0 Å². The zero-order valence-electron chi connectivity index (χ0n) is 15.2. The summed E-state index contributed by atoms with van der Waals surface area (Å²) >= 11 is 0. The quantitative estimate of drug-likeness (QED) is 0.779. The van der Waals surface area contributed by atoms with E-state index in [9.17, 15) is 14.4 Å². The van der Waals surface area contributed by atoms with Crippen molar-refractivity contribution in [2.75, 3.05) is 19.6 Å². The van der Waals surface area contributed by atoms with E-state index in [0.29, 0.717) is 12.8 Å². The maximum atomic E-state index is 13.0. The predicted molar refractivity (Wildman–Crippen MR) is 95.0 cm³/mol. The van der Waals surface area contributed by atoms with Crippen LogP contribution in [0.15, 0.2) is 0 Å². The van der Waals surface area contributed by atoms with Crippen LogP contribution in [0.3, 0.4) is 0 Å². The molecule has 25 heavy (non-hydrogen) atoms. The van der Waals surface area contributed by atoms with Gasteiger partial charge in [0.15, 0.2) is 0 Å². The Morgan fingerprint density at radius 3 is 1.96 bits per heavy atom. The van der Waals surface area contributed by atoms with Gasteiger partial charge < -0.3 is 10.2 Å². The van der Waals surface area contributed by atoms with Gasteiger partial charge >= 0.3 is 6.03 Å². The summed E-state index contributed by atoms with van der Waals surface area (Å²) in [6, 6.07) is -0.383. The average Bonchev–Trinajstić information content (AvgIpc) is 2.76. The van der Waals surface area contributed by atoms with E-state index < -0.39 is 5.54 Å². The maximum absolute atomic E-state index is 13.0. The minimum Gasteiger partial charge on any atom is -0.341 e. The Morgan fingerprint density at radius 1 is 0.840 bits per heavy atom. The number of likely N-dealkylation sites (tertiary alicyclic amines) is 1. The summed E-state index contributed by atoms with van der Waals surface area (Å²) < 4.78 is 0. The molecule has 0 atom stereocenters. The third kappa shape index (κ3) is 4.15. The van der Waals surface area contributed by atoms with E-state index in [4.69, 9.17) is 0 Å². The van der Waals surface area contributed by atoms with E-state index in [0.717, 1.165) is 64.5 Å². The smallest absolute Gasteiger partial charge is 0.325 e. The fourth-order valence-corrected chi connectivity index (χ4v) is 4.40. The molecule has 2 heterocycles. The number of hydrogen-bond donors (Lipinski definition) is 1. The van der Waals surface area contributed by atoms with Gasteiger partial charge in [0.2, 0.25) is 5.91 Å². The van der Waals surface area contributed by atoms with Crippen molar-refractivity contribution in [2.45, 2.75) is 82.6 Å². The van der Waals surface area contributed by atoms with Crippen LogP contribution in [-0.2, 0) is 9.59 Å². The number of imide groups is 1. The lowest BCUT2D eigenvalue weighted by Gasteiger charge is -2.29. The number of amides is 4. The van der Waals surface area contributed by atoms with E-state index >= 15 is 0 Å². The van der Waals surface area contributed by atoms with Crippen LogP contribution in [0.4, 0.5) is 4.79 Å². The molecule has 0 aromatic rings. The molecular weight excluding hydrogens is 318 g/mol. The fraction of sp³-hybridized carbons (Fsp3) is 0.842. The SMILES string of the molecule is O=C(CN1C(=O)NC2(CCCCCCC2)C1=O)N1CCCCCCC1. The van der Waals surface area contributed by atoms with Gasteiger partial charge in [-0.1, -0.05) is 51.4 Å². The molecule has 2 saturated heterocycles. The highest BCUT2D eigenvalue weighted by Crippen LogP contribution is 2.32. The lowest BCUT2D eigenvalue weighted by atomic mass is 9.84. The largest absolute Gasteiger partial charge is 0.341 e. The molecule has 140 valence electrons. The lowest BCUT2D eigenvalue weighted by Crippen LogP contribution is -2.48. The summed E-state index contributed by atoms with van der Waals surface area (Å²) in [6.45, 7) is 1.38. The molecule has 1 aliphatic carbocycles. The van der Waals surface area contributed by atoms with Gasteiger partial charge in [-0.05, 0) is 25.7 Å². The maximum Gasteiger partial charge on any atom is 0.325 e. The Kier molecular flexibility index (Phi) is 5.97. The Morgan fingerprint density at radius 2 is 1.36 bits per heavy atom. The number of nitrogens with one attached hydrogen (secondary N) is 1. The van der Waals surface area contributed by atoms with Crippen LogP contribution < -0.4 is 5.32 Å². The van der Waals surface area contributed by atoms with Crippen molar-refractivity contribution in [1.29, 1.82) is 0 Å². The molecule has 0 bridgehead atoms. The zero-order chi connectivity index (χ0) is 17.7. The Hall–Kier alpha value is -1.59. The summed E-state index contributed by atoms with van der Waals surface area (Å²) in [4.78, 5) is 41.1. The second kappa shape index (κ2) is 8.19. The first-order valence-electron chi connectivity index (χ1n) is 10.0. The van der Waals surface area contributed by atoms with Crippen molar-refractivity contribution in [3.63, 3.8) is 0 Å². The Bertz CT molecular complexity index is 504. The third-order valence-corrected chi connectivity index (χ3v) is 5.96. The predicted octanol–water partition coefficient (Wildman–Crippen LogP) is 2.81. The van der Waals surface area contributed by atoms with Gasteiger partial charge in [-0.15, -0.1) is 0 Å². The molecule has 1 spiro atoms. The zero-order valence-corrected chi connectivity index (χ0v) is 15.2. The van der Waals surface area contributed by atoms with Crippen LogP contribution in [0, 0.1) is 0 Å². The van der Waals surface area contributed by atoms with Crippen molar-refractivity contribution in [3.8, 4) is 0 Å². The summed E-state index contributed by atoms with van der Waals surface area (Å²) in [5.74, 6) is -0.270. The molecule has 0 aromatic heterocycles. The molecule has 6 nitrogen and oxygen atoms in total. The van der Waals surface area contributed by atoms with Crippen molar-refractivity contribution in [1.82, 2.24) is 15.1 Å². The van der Waals surface area contributed by atoms with E-state index in [1.807, 2.05) is 4.90 Å². The lowest BCUT2D eigenvalue weighted by molar-refractivity contribution is -0.139. The first-order chi connectivity index (χ1) is 12.1. The number of hydrogen-bond acceptors (Lipinski definition) is 3. The Labute approximate surface area is 150 Å². The molecule has 0 aromatic carbocycles. The molecule has 3 fully saturated rings. The molecule has 6 heteroatoms. The number of rotatable bonds is 2. The van der Waals surface area contributed by atoms with Gasteiger partial charge in [-0.3, -0.25) is 14.5 Å². The molecule has 1 saturated carbocycles. The van der Waals surface area contributed by atoms with Gasteiger partial charge in [0.05, 0.1) is 0 Å². The molecule has 3 rings (SSSR count). The summed E-state index contributed by atoms with van der Waals surface area (Å²) in [5, 5.41) is 2.93. The normalized spacial score (nSPS) is 25.1. The number of urea groups is 1. The highest BCUT2D eigenvalue weighted by Gasteiger charge is 2.50. The fourth-order valence-electron chi connectivity index (χ4n) is 4.40. The van der Waals surface area contributed by atoms with Gasteiger partial charge in [0.1, 0.15) is 12.1 Å². The van der Waals surface area contributed by atoms with Crippen molar-refractivity contribution >= 4 is 17.8 Å². The molecule has 1 N–H and O–H groups in total. The summed E-state index contributed by atoms with van der Waals surface area (Å²) in [6.07, 6.45) is 12.3. The minimum absolute atomic E-state index is 0.0895. The summed E-state index contributed by atoms with van der Waals surface area (Å²) in [7, 11) is 0. The van der Waals surface area contributed by atoms with Gasteiger partial charge in [-0.2, -0.15) is 0 Å². The van der Waals surface area contributed by atoms with Crippen molar-refractivity contribution in [3.05, 3.63) is 0 Å². The standard InChI is InChI=1S/C19H31N3O3/c23-16(21-13-9-5-2-6-10-14-21)15-22-17(24)19(20-18(22)25)11-7-3-1-4-8-12-19/h1-15H2,(H,20,25). The molecular formula is C19H31N3O3. The molecule has 3 aliphatic rings. The van der Waals surface area contributed by atoms with Crippen LogP contribution in [-0.4, -0.2) is 52.8 Å².